The number of aromatic nitrogens is 1. The molecular formula is C16H12BrNO3. The third-order valence-electron chi connectivity index (χ3n) is 3.13. The van der Waals surface area contributed by atoms with Crippen molar-refractivity contribution in [3.63, 3.8) is 0 Å². The van der Waals surface area contributed by atoms with E-state index in [0.717, 1.165) is 16.6 Å². The number of carbonyl (C=O) groups excluding carboxylic acids is 1. The van der Waals surface area contributed by atoms with Crippen LogP contribution in [0.2, 0.25) is 0 Å². The largest absolute Gasteiger partial charge is 0.514 e. The molecule has 0 aliphatic carbocycles. The summed E-state index contributed by atoms with van der Waals surface area (Å²) >= 11 is 3.50. The van der Waals surface area contributed by atoms with Gasteiger partial charge in [0.15, 0.2) is 0 Å². The number of para-hydroxylation sites is 2. The Morgan fingerprint density at radius 2 is 1.71 bits per heavy atom. The fourth-order valence-corrected chi connectivity index (χ4v) is 2.81. The summed E-state index contributed by atoms with van der Waals surface area (Å²) in [6.07, 6.45) is -0.754. The number of halogens is 1. The topological polar surface area (TPSA) is 40.5 Å². The molecule has 0 spiro atoms. The molecule has 0 atom stereocenters. The molecule has 0 fully saturated rings. The fraction of sp³-hybridized carbons (Fsp3) is 0.0625. The van der Waals surface area contributed by atoms with Gasteiger partial charge in [0.2, 0.25) is 5.88 Å². The van der Waals surface area contributed by atoms with Gasteiger partial charge in [-0.2, -0.15) is 0 Å². The minimum Gasteiger partial charge on any atom is -0.437 e. The van der Waals surface area contributed by atoms with Crippen LogP contribution in [0, 0.1) is 0 Å². The van der Waals surface area contributed by atoms with Crippen molar-refractivity contribution in [2.24, 2.45) is 0 Å². The quantitative estimate of drug-likeness (QED) is 0.640. The number of carbonyl (C=O) groups is 1. The Kier molecular flexibility index (Phi) is 3.66. The van der Waals surface area contributed by atoms with Crippen LogP contribution in [0.4, 0.5) is 4.79 Å². The molecule has 0 aliphatic heterocycles. The molecule has 3 aromatic rings. The average Bonchev–Trinajstić information content (AvgIpc) is 2.81. The summed E-state index contributed by atoms with van der Waals surface area (Å²) in [4.78, 5) is 11.5. The van der Waals surface area contributed by atoms with E-state index in [-0.39, 0.29) is 0 Å². The van der Waals surface area contributed by atoms with E-state index in [9.17, 15) is 4.79 Å². The number of hydrogen-bond donors (Lipinski definition) is 0. The molecule has 3 rings (SSSR count). The summed E-state index contributed by atoms with van der Waals surface area (Å²) in [6, 6.07) is 17.5. The molecule has 0 amide bonds. The second-order valence-electron chi connectivity index (χ2n) is 4.36. The van der Waals surface area contributed by atoms with Gasteiger partial charge < -0.3 is 9.47 Å². The number of benzene rings is 2. The van der Waals surface area contributed by atoms with Crippen molar-refractivity contribution < 1.29 is 14.3 Å². The number of fused-ring (bicyclic) bond motifs is 1. The maximum absolute atomic E-state index is 11.5. The molecule has 0 unspecified atom stereocenters. The van der Waals surface area contributed by atoms with Crippen molar-refractivity contribution >= 4 is 33.0 Å². The maximum Gasteiger partial charge on any atom is 0.514 e. The second kappa shape index (κ2) is 5.61. The molecule has 5 heteroatoms. The maximum atomic E-state index is 11.5. The van der Waals surface area contributed by atoms with Crippen molar-refractivity contribution in [3.8, 4) is 11.6 Å². The number of methoxy groups -OCH3 is 1. The molecule has 4 nitrogen and oxygen atoms in total. The van der Waals surface area contributed by atoms with Gasteiger partial charge in [-0.25, -0.2) is 4.79 Å². The summed E-state index contributed by atoms with van der Waals surface area (Å²) in [5.74, 6) is 0.397. The van der Waals surface area contributed by atoms with E-state index in [0.29, 0.717) is 10.4 Å². The monoisotopic (exact) mass is 345 g/mol. The molecule has 2 aromatic carbocycles. The zero-order valence-electron chi connectivity index (χ0n) is 11.2. The Morgan fingerprint density at radius 3 is 2.43 bits per heavy atom. The first-order valence-corrected chi connectivity index (χ1v) is 7.12. The van der Waals surface area contributed by atoms with Gasteiger partial charge in [-0.15, -0.1) is 0 Å². The van der Waals surface area contributed by atoms with E-state index < -0.39 is 6.16 Å². The first-order valence-electron chi connectivity index (χ1n) is 6.32. The van der Waals surface area contributed by atoms with Crippen molar-refractivity contribution in [2.75, 3.05) is 7.11 Å². The molecule has 0 bridgehead atoms. The number of hydrogen-bond acceptors (Lipinski definition) is 3. The van der Waals surface area contributed by atoms with Gasteiger partial charge >= 0.3 is 6.16 Å². The van der Waals surface area contributed by atoms with Crippen LogP contribution in [0.5, 0.6) is 5.88 Å². The zero-order chi connectivity index (χ0) is 14.8. The molecule has 0 radical (unpaired) electrons. The van der Waals surface area contributed by atoms with E-state index in [1.807, 2.05) is 59.2 Å². The highest BCUT2D eigenvalue weighted by atomic mass is 79.9. The smallest absolute Gasteiger partial charge is 0.437 e. The molecule has 106 valence electrons. The molecule has 21 heavy (non-hydrogen) atoms. The Labute approximate surface area is 130 Å². The lowest BCUT2D eigenvalue weighted by Gasteiger charge is -2.10. The third-order valence-corrected chi connectivity index (χ3v) is 3.90. The number of nitrogens with zero attached hydrogens (tertiary/aromatic N) is 1. The van der Waals surface area contributed by atoms with Crippen LogP contribution >= 0.6 is 15.9 Å². The standard InChI is InChI=1S/C16H12BrNO3/c1-20-16(19)21-15-14(17)12-9-5-6-10-13(12)18(15)11-7-3-2-4-8-11/h2-10H,1H3. The minimum absolute atomic E-state index is 0.397. The lowest BCUT2D eigenvalue weighted by atomic mass is 10.2. The van der Waals surface area contributed by atoms with Gasteiger partial charge in [0.05, 0.1) is 17.1 Å². The Morgan fingerprint density at radius 1 is 1.05 bits per heavy atom. The first kappa shape index (κ1) is 13.7. The lowest BCUT2D eigenvalue weighted by molar-refractivity contribution is 0.119. The van der Waals surface area contributed by atoms with E-state index in [1.165, 1.54) is 7.11 Å². The van der Waals surface area contributed by atoms with Gasteiger partial charge in [0.1, 0.15) is 0 Å². The van der Waals surface area contributed by atoms with Gasteiger partial charge in [-0.3, -0.25) is 4.57 Å². The van der Waals surface area contributed by atoms with Gasteiger partial charge in [0, 0.05) is 11.1 Å². The first-order chi connectivity index (χ1) is 10.2. The highest BCUT2D eigenvalue weighted by molar-refractivity contribution is 9.10. The number of rotatable bonds is 2. The Balaban J connectivity index is 2.29. The minimum atomic E-state index is -0.754. The zero-order valence-corrected chi connectivity index (χ0v) is 12.8. The predicted molar refractivity (Wildman–Crippen MR) is 84.0 cm³/mol. The van der Waals surface area contributed by atoms with Gasteiger partial charge in [-0.05, 0) is 34.1 Å². The van der Waals surface area contributed by atoms with Crippen LogP contribution in [0.3, 0.4) is 0 Å². The van der Waals surface area contributed by atoms with E-state index >= 15 is 0 Å². The van der Waals surface area contributed by atoms with Crippen LogP contribution in [-0.2, 0) is 4.74 Å². The van der Waals surface area contributed by atoms with Crippen LogP contribution < -0.4 is 4.74 Å². The van der Waals surface area contributed by atoms with Crippen LogP contribution in [0.25, 0.3) is 16.6 Å². The molecule has 1 heterocycles. The van der Waals surface area contributed by atoms with Crippen LogP contribution in [0.15, 0.2) is 59.1 Å². The average molecular weight is 346 g/mol. The summed E-state index contributed by atoms with van der Waals surface area (Å²) in [5.41, 5.74) is 1.84. The summed E-state index contributed by atoms with van der Waals surface area (Å²) < 4.78 is 12.5. The molecule has 0 saturated carbocycles. The van der Waals surface area contributed by atoms with Crippen LogP contribution in [-0.4, -0.2) is 17.8 Å². The summed E-state index contributed by atoms with van der Waals surface area (Å²) in [7, 11) is 1.28. The van der Waals surface area contributed by atoms with Crippen molar-refractivity contribution in [3.05, 3.63) is 59.1 Å². The molecule has 1 aromatic heterocycles. The van der Waals surface area contributed by atoms with Crippen molar-refractivity contribution in [1.82, 2.24) is 4.57 Å². The van der Waals surface area contributed by atoms with E-state index in [1.54, 1.807) is 0 Å². The Bertz CT molecular complexity index is 796. The Hall–Kier alpha value is -2.27. The van der Waals surface area contributed by atoms with Crippen LogP contribution in [0.1, 0.15) is 0 Å². The van der Waals surface area contributed by atoms with Crippen molar-refractivity contribution in [2.45, 2.75) is 0 Å². The highest BCUT2D eigenvalue weighted by Crippen LogP contribution is 2.39. The van der Waals surface area contributed by atoms with E-state index in [2.05, 4.69) is 20.7 Å². The molecule has 0 aliphatic rings. The van der Waals surface area contributed by atoms with Gasteiger partial charge in [-0.1, -0.05) is 36.4 Å². The normalized spacial score (nSPS) is 10.6. The van der Waals surface area contributed by atoms with Gasteiger partial charge in [0.25, 0.3) is 0 Å². The van der Waals surface area contributed by atoms with Crippen molar-refractivity contribution in [1.29, 1.82) is 0 Å². The fourth-order valence-electron chi connectivity index (χ4n) is 2.22. The summed E-state index contributed by atoms with van der Waals surface area (Å²) in [5, 5.41) is 0.959. The lowest BCUT2D eigenvalue weighted by Crippen LogP contribution is -2.10. The molecule has 0 N–H and O–H groups in total. The van der Waals surface area contributed by atoms with E-state index in [4.69, 9.17) is 4.74 Å². The second-order valence-corrected chi connectivity index (χ2v) is 5.16. The molecule has 0 saturated heterocycles. The summed E-state index contributed by atoms with van der Waals surface area (Å²) in [6.45, 7) is 0. The molecular weight excluding hydrogens is 334 g/mol. The highest BCUT2D eigenvalue weighted by Gasteiger charge is 2.20. The predicted octanol–water partition coefficient (Wildman–Crippen LogP) is 4.54. The number of ether oxygens (including phenoxy) is 2. The SMILES string of the molecule is COC(=O)Oc1c(Br)c2ccccc2n1-c1ccccc1. The third kappa shape index (κ3) is 2.40.